The Morgan fingerprint density at radius 3 is 2.48 bits per heavy atom. The van der Waals surface area contributed by atoms with Gasteiger partial charge >= 0.3 is 12.1 Å². The van der Waals surface area contributed by atoms with Gasteiger partial charge in [0.2, 0.25) is 5.91 Å². The third-order valence-electron chi connectivity index (χ3n) is 2.72. The summed E-state index contributed by atoms with van der Waals surface area (Å²) in [7, 11) is 0. The lowest BCUT2D eigenvalue weighted by Gasteiger charge is -2.14. The minimum atomic E-state index is -1.18. The highest BCUT2D eigenvalue weighted by Crippen LogP contribution is 2.04. The van der Waals surface area contributed by atoms with Crippen molar-refractivity contribution >= 4 is 18.0 Å². The Bertz CT molecular complexity index is 489. The van der Waals surface area contributed by atoms with Crippen molar-refractivity contribution in [3.05, 3.63) is 35.9 Å². The zero-order valence-corrected chi connectivity index (χ0v) is 11.5. The van der Waals surface area contributed by atoms with Crippen LogP contribution in [0.1, 0.15) is 24.8 Å². The molecule has 0 heterocycles. The number of carboxylic acids is 1. The molecule has 7 nitrogen and oxygen atoms in total. The van der Waals surface area contributed by atoms with E-state index < -0.39 is 24.0 Å². The highest BCUT2D eigenvalue weighted by molar-refractivity contribution is 5.80. The Hall–Kier alpha value is -2.57. The van der Waals surface area contributed by atoms with Crippen LogP contribution in [0.3, 0.4) is 0 Å². The summed E-state index contributed by atoms with van der Waals surface area (Å²) >= 11 is 0. The molecule has 0 unspecified atom stereocenters. The van der Waals surface area contributed by atoms with Crippen molar-refractivity contribution in [2.45, 2.75) is 31.9 Å². The predicted molar refractivity (Wildman–Crippen MR) is 74.2 cm³/mol. The number of hydrogen-bond donors (Lipinski definition) is 3. The molecular weight excluding hydrogens is 276 g/mol. The Labute approximate surface area is 122 Å². The first-order chi connectivity index (χ1) is 9.99. The maximum Gasteiger partial charge on any atom is 0.408 e. The molecule has 4 N–H and O–H groups in total. The number of ether oxygens (including phenoxy) is 1. The SMILES string of the molecule is NC(=O)CCC[C@H](NC(=O)OCc1ccccc1)C(=O)O. The third-order valence-corrected chi connectivity index (χ3v) is 2.72. The Morgan fingerprint density at radius 1 is 1.24 bits per heavy atom. The van der Waals surface area contributed by atoms with Crippen molar-refractivity contribution < 1.29 is 24.2 Å². The van der Waals surface area contributed by atoms with Crippen molar-refractivity contribution in [2.24, 2.45) is 5.73 Å². The van der Waals surface area contributed by atoms with Crippen LogP contribution in [0.2, 0.25) is 0 Å². The van der Waals surface area contributed by atoms with Crippen LogP contribution in [0.4, 0.5) is 4.79 Å². The molecular formula is C14H18N2O5. The van der Waals surface area contributed by atoms with E-state index in [-0.39, 0.29) is 25.9 Å². The number of carbonyl (C=O) groups excluding carboxylic acids is 2. The number of rotatable bonds is 8. The van der Waals surface area contributed by atoms with Crippen molar-refractivity contribution in [2.75, 3.05) is 0 Å². The normalized spacial score (nSPS) is 11.4. The highest BCUT2D eigenvalue weighted by atomic mass is 16.5. The molecule has 0 saturated heterocycles. The van der Waals surface area contributed by atoms with E-state index in [0.29, 0.717) is 0 Å². The first-order valence-corrected chi connectivity index (χ1v) is 6.47. The topological polar surface area (TPSA) is 119 Å². The number of carboxylic acid groups (broad SMARTS) is 1. The lowest BCUT2D eigenvalue weighted by Crippen LogP contribution is -2.41. The standard InChI is InChI=1S/C14H18N2O5/c15-12(17)8-4-7-11(13(18)19)16-14(20)21-9-10-5-2-1-3-6-10/h1-3,5-6,11H,4,7-9H2,(H2,15,17)(H,16,20)(H,18,19)/t11-/m0/s1. The largest absolute Gasteiger partial charge is 0.480 e. The number of primary amides is 1. The summed E-state index contributed by atoms with van der Waals surface area (Å²) in [6, 6.07) is 7.92. The number of amides is 2. The van der Waals surface area contributed by atoms with Crippen LogP contribution in [-0.4, -0.2) is 29.1 Å². The summed E-state index contributed by atoms with van der Waals surface area (Å²) in [5, 5.41) is 11.2. The smallest absolute Gasteiger partial charge is 0.408 e. The number of aliphatic carboxylic acids is 1. The van der Waals surface area contributed by atoms with Gasteiger partial charge in [0.1, 0.15) is 12.6 Å². The molecule has 7 heteroatoms. The fraction of sp³-hybridized carbons (Fsp3) is 0.357. The monoisotopic (exact) mass is 294 g/mol. The Balaban J connectivity index is 2.38. The molecule has 0 spiro atoms. The van der Waals surface area contributed by atoms with E-state index in [0.717, 1.165) is 5.56 Å². The molecule has 1 rings (SSSR count). The quantitative estimate of drug-likeness (QED) is 0.661. The van der Waals surface area contributed by atoms with Crippen molar-refractivity contribution in [3.8, 4) is 0 Å². The van der Waals surface area contributed by atoms with Crippen molar-refractivity contribution in [1.29, 1.82) is 0 Å². The van der Waals surface area contributed by atoms with Crippen molar-refractivity contribution in [3.63, 3.8) is 0 Å². The van der Waals surface area contributed by atoms with E-state index in [2.05, 4.69) is 5.32 Å². The summed E-state index contributed by atoms with van der Waals surface area (Å²) in [4.78, 5) is 33.1. The molecule has 0 aliphatic rings. The van der Waals surface area contributed by atoms with Crippen LogP contribution in [0, 0.1) is 0 Å². The van der Waals surface area contributed by atoms with Gasteiger partial charge in [-0.3, -0.25) is 4.79 Å². The molecule has 1 aromatic rings. The van der Waals surface area contributed by atoms with Gasteiger partial charge in [0.05, 0.1) is 0 Å². The van der Waals surface area contributed by atoms with Crippen LogP contribution >= 0.6 is 0 Å². The van der Waals surface area contributed by atoms with Crippen LogP contribution in [0.15, 0.2) is 30.3 Å². The highest BCUT2D eigenvalue weighted by Gasteiger charge is 2.20. The molecule has 0 saturated carbocycles. The Morgan fingerprint density at radius 2 is 1.90 bits per heavy atom. The zero-order valence-electron chi connectivity index (χ0n) is 11.5. The maximum atomic E-state index is 11.5. The molecule has 1 atom stereocenters. The van der Waals surface area contributed by atoms with Gasteiger partial charge in [0, 0.05) is 6.42 Å². The zero-order chi connectivity index (χ0) is 15.7. The third kappa shape index (κ3) is 6.95. The molecule has 0 aliphatic carbocycles. The number of hydrogen-bond acceptors (Lipinski definition) is 4. The molecule has 2 amide bonds. The van der Waals surface area contributed by atoms with E-state index in [1.807, 2.05) is 6.07 Å². The van der Waals surface area contributed by atoms with Gasteiger partial charge in [-0.2, -0.15) is 0 Å². The number of alkyl carbamates (subject to hydrolysis) is 1. The molecule has 114 valence electrons. The second-order valence-corrected chi connectivity index (χ2v) is 4.46. The average molecular weight is 294 g/mol. The summed E-state index contributed by atoms with van der Waals surface area (Å²) in [5.41, 5.74) is 5.77. The molecule has 1 aromatic carbocycles. The molecule has 0 radical (unpaired) electrons. The first kappa shape index (κ1) is 16.5. The van der Waals surface area contributed by atoms with E-state index in [4.69, 9.17) is 15.6 Å². The minimum absolute atomic E-state index is 0.0559. The Kier molecular flexibility index (Phi) is 6.73. The van der Waals surface area contributed by atoms with Gasteiger partial charge < -0.3 is 20.9 Å². The first-order valence-electron chi connectivity index (χ1n) is 6.47. The van der Waals surface area contributed by atoms with Gasteiger partial charge in [-0.1, -0.05) is 30.3 Å². The fourth-order valence-corrected chi connectivity index (χ4v) is 1.64. The lowest BCUT2D eigenvalue weighted by molar-refractivity contribution is -0.139. The average Bonchev–Trinajstić information content (AvgIpc) is 2.44. The van der Waals surface area contributed by atoms with Gasteiger partial charge in [-0.05, 0) is 18.4 Å². The molecule has 0 fully saturated rings. The summed E-state index contributed by atoms with van der Waals surface area (Å²) in [6.07, 6.45) is -0.348. The number of nitrogens with two attached hydrogens (primary N) is 1. The van der Waals surface area contributed by atoms with Gasteiger partial charge in [0.25, 0.3) is 0 Å². The number of benzene rings is 1. The number of carbonyl (C=O) groups is 3. The van der Waals surface area contributed by atoms with E-state index in [9.17, 15) is 14.4 Å². The number of nitrogens with one attached hydrogen (secondary N) is 1. The van der Waals surface area contributed by atoms with Gasteiger partial charge in [-0.25, -0.2) is 9.59 Å². The van der Waals surface area contributed by atoms with Gasteiger partial charge in [0.15, 0.2) is 0 Å². The predicted octanol–water partition coefficient (Wildman–Crippen LogP) is 1.02. The van der Waals surface area contributed by atoms with Crippen LogP contribution in [-0.2, 0) is 20.9 Å². The van der Waals surface area contributed by atoms with Crippen LogP contribution in [0.5, 0.6) is 0 Å². The van der Waals surface area contributed by atoms with Crippen LogP contribution in [0.25, 0.3) is 0 Å². The summed E-state index contributed by atoms with van der Waals surface area (Å²) in [6.45, 7) is 0.0559. The lowest BCUT2D eigenvalue weighted by atomic mass is 10.1. The molecule has 21 heavy (non-hydrogen) atoms. The molecule has 0 aromatic heterocycles. The second kappa shape index (κ2) is 8.57. The van der Waals surface area contributed by atoms with Gasteiger partial charge in [-0.15, -0.1) is 0 Å². The fourth-order valence-electron chi connectivity index (χ4n) is 1.64. The van der Waals surface area contributed by atoms with E-state index in [1.54, 1.807) is 24.3 Å². The van der Waals surface area contributed by atoms with E-state index in [1.165, 1.54) is 0 Å². The molecule has 0 bridgehead atoms. The second-order valence-electron chi connectivity index (χ2n) is 4.46. The maximum absolute atomic E-state index is 11.5. The summed E-state index contributed by atoms with van der Waals surface area (Å²) < 4.78 is 4.93. The summed E-state index contributed by atoms with van der Waals surface area (Å²) in [5.74, 6) is -1.69. The van der Waals surface area contributed by atoms with Crippen molar-refractivity contribution in [1.82, 2.24) is 5.32 Å². The molecule has 0 aliphatic heterocycles. The minimum Gasteiger partial charge on any atom is -0.480 e. The van der Waals surface area contributed by atoms with E-state index >= 15 is 0 Å². The van der Waals surface area contributed by atoms with Crippen LogP contribution < -0.4 is 11.1 Å².